The zero-order valence-corrected chi connectivity index (χ0v) is 22.1. The van der Waals surface area contributed by atoms with Crippen molar-refractivity contribution < 1.29 is 27.9 Å². The van der Waals surface area contributed by atoms with E-state index in [-0.39, 0.29) is 25.5 Å². The molecule has 0 unspecified atom stereocenters. The number of ketones is 1. The summed E-state index contributed by atoms with van der Waals surface area (Å²) in [5.41, 5.74) is 1.42. The molecule has 0 aliphatic carbocycles. The average molecular weight is 502 g/mol. The molecule has 2 aromatic heterocycles. The van der Waals surface area contributed by atoms with Crippen LogP contribution in [0, 0.1) is 6.92 Å². The van der Waals surface area contributed by atoms with E-state index in [2.05, 4.69) is 9.97 Å². The number of carbonyl (C=O) groups is 2. The van der Waals surface area contributed by atoms with Crippen molar-refractivity contribution in [3.05, 3.63) is 42.1 Å². The smallest absolute Gasteiger partial charge is 0.362 e. The van der Waals surface area contributed by atoms with Gasteiger partial charge < -0.3 is 18.4 Å². The molecule has 0 fully saturated rings. The van der Waals surface area contributed by atoms with Gasteiger partial charge >= 0.3 is 13.6 Å². The van der Waals surface area contributed by atoms with Crippen molar-refractivity contribution in [2.24, 2.45) is 0 Å². The molecule has 0 radical (unpaired) electrons. The molecule has 0 atom stereocenters. The summed E-state index contributed by atoms with van der Waals surface area (Å²) in [7, 11) is -3.76. The number of aromatic nitrogens is 3. The first-order chi connectivity index (χ1) is 16.4. The second-order valence-corrected chi connectivity index (χ2v) is 11.0. The van der Waals surface area contributed by atoms with E-state index in [1.165, 1.54) is 6.92 Å². The Morgan fingerprint density at radius 1 is 1.06 bits per heavy atom. The van der Waals surface area contributed by atoms with Gasteiger partial charge in [-0.15, -0.1) is 0 Å². The minimum absolute atomic E-state index is 0.124. The number of hydrogen-bond acceptors (Lipinski definition) is 8. The summed E-state index contributed by atoms with van der Waals surface area (Å²) in [6.07, 6.45) is 4.86. The lowest BCUT2D eigenvalue weighted by Crippen LogP contribution is -2.26. The van der Waals surface area contributed by atoms with Gasteiger partial charge in [-0.05, 0) is 60.6 Å². The van der Waals surface area contributed by atoms with Crippen molar-refractivity contribution in [1.29, 1.82) is 0 Å². The maximum atomic E-state index is 13.9. The van der Waals surface area contributed by atoms with Crippen LogP contribution in [0.1, 0.15) is 57.7 Å². The zero-order valence-electron chi connectivity index (χ0n) is 21.2. The summed E-state index contributed by atoms with van der Waals surface area (Å²) >= 11 is 0. The molecule has 9 nitrogen and oxygen atoms in total. The summed E-state index contributed by atoms with van der Waals surface area (Å²) in [5, 5.41) is 0.903. The first-order valence-corrected chi connectivity index (χ1v) is 13.0. The van der Waals surface area contributed by atoms with Gasteiger partial charge in [0.15, 0.2) is 5.78 Å². The summed E-state index contributed by atoms with van der Waals surface area (Å²) < 4.78 is 32.3. The highest BCUT2D eigenvalue weighted by molar-refractivity contribution is 7.62. The molecule has 0 N–H and O–H groups in total. The van der Waals surface area contributed by atoms with Gasteiger partial charge in [0.1, 0.15) is 18.0 Å². The first kappa shape index (κ1) is 26.7. The van der Waals surface area contributed by atoms with Crippen molar-refractivity contribution >= 4 is 35.6 Å². The Morgan fingerprint density at radius 3 is 2.17 bits per heavy atom. The molecule has 0 aliphatic heterocycles. The van der Waals surface area contributed by atoms with Gasteiger partial charge in [-0.25, -0.2) is 9.97 Å². The van der Waals surface area contributed by atoms with Crippen LogP contribution in [0.15, 0.2) is 30.7 Å². The van der Waals surface area contributed by atoms with Crippen LogP contribution in [0.4, 0.5) is 0 Å². The average Bonchev–Trinajstić information content (AvgIpc) is 3.10. The van der Waals surface area contributed by atoms with E-state index in [4.69, 9.17) is 13.8 Å². The van der Waals surface area contributed by atoms with Crippen molar-refractivity contribution in [2.75, 3.05) is 13.2 Å². The fraction of sp³-hybridized carbons (Fsp3) is 0.440. The third kappa shape index (κ3) is 6.04. The van der Waals surface area contributed by atoms with E-state index in [1.54, 1.807) is 76.8 Å². The highest BCUT2D eigenvalue weighted by atomic mass is 31.2. The van der Waals surface area contributed by atoms with Crippen LogP contribution in [0.25, 0.3) is 22.0 Å². The fourth-order valence-corrected chi connectivity index (χ4v) is 5.56. The normalized spacial score (nSPS) is 12.2. The van der Waals surface area contributed by atoms with Gasteiger partial charge in [0.25, 0.3) is 0 Å². The number of benzene rings is 1. The number of aryl methyl sites for hydroxylation is 1. The third-order valence-corrected chi connectivity index (χ3v) is 7.24. The number of nitrogens with zero attached hydrogens (tertiary/aromatic N) is 3. The molecule has 0 aliphatic rings. The monoisotopic (exact) mass is 501 g/mol. The molecule has 0 amide bonds. The lowest BCUT2D eigenvalue weighted by Gasteiger charge is -2.21. The highest BCUT2D eigenvalue weighted by Gasteiger charge is 2.32. The van der Waals surface area contributed by atoms with E-state index in [9.17, 15) is 14.2 Å². The quantitative estimate of drug-likeness (QED) is 0.233. The second kappa shape index (κ2) is 10.4. The number of Topliss-reactive ketones (excluding diaryl/α,β-unsaturated/α-hetero) is 1. The molecular weight excluding hydrogens is 469 g/mol. The SMILES string of the molecule is CCOP(=O)(OCC)c1cc2c(cc1-c1cnc(C)nc1)c(C(C)=O)cn2CC(=O)OC(C)(C)C. The van der Waals surface area contributed by atoms with Crippen LogP contribution in [0.2, 0.25) is 0 Å². The zero-order chi connectivity index (χ0) is 26.0. The van der Waals surface area contributed by atoms with Crippen molar-refractivity contribution in [2.45, 2.75) is 60.6 Å². The molecule has 35 heavy (non-hydrogen) atoms. The molecular formula is C25H32N3O6P. The maximum Gasteiger partial charge on any atom is 0.362 e. The van der Waals surface area contributed by atoms with E-state index in [1.807, 2.05) is 0 Å². The van der Waals surface area contributed by atoms with Gasteiger partial charge in [0.05, 0.1) is 24.0 Å². The number of carbonyl (C=O) groups excluding carboxylic acids is 2. The molecule has 188 valence electrons. The maximum absolute atomic E-state index is 13.9. The van der Waals surface area contributed by atoms with E-state index < -0.39 is 19.2 Å². The van der Waals surface area contributed by atoms with E-state index >= 15 is 0 Å². The molecule has 0 saturated heterocycles. The number of esters is 1. The van der Waals surface area contributed by atoms with Crippen LogP contribution < -0.4 is 5.30 Å². The fourth-order valence-electron chi connectivity index (χ4n) is 3.76. The van der Waals surface area contributed by atoms with E-state index in [0.717, 1.165) is 0 Å². The Morgan fingerprint density at radius 2 is 1.66 bits per heavy atom. The standard InChI is InChI=1S/C25H32N3O6P/c1-8-32-35(31,33-9-2)23-11-22-20(10-19(23)18-12-26-17(4)27-13-18)21(16(3)29)14-28(22)15-24(30)34-25(5,6)7/h10-14H,8-9,15H2,1-7H3. The van der Waals surface area contributed by atoms with Crippen molar-refractivity contribution in [1.82, 2.24) is 14.5 Å². The van der Waals surface area contributed by atoms with Gasteiger partial charge in [0.2, 0.25) is 0 Å². The Labute approximate surface area is 205 Å². The van der Waals surface area contributed by atoms with Gasteiger partial charge in [0, 0.05) is 40.7 Å². The van der Waals surface area contributed by atoms with Crippen molar-refractivity contribution in [3.8, 4) is 11.1 Å². The highest BCUT2D eigenvalue weighted by Crippen LogP contribution is 2.50. The first-order valence-electron chi connectivity index (χ1n) is 11.5. The minimum atomic E-state index is -3.76. The van der Waals surface area contributed by atoms with E-state index in [0.29, 0.717) is 38.7 Å². The molecule has 0 spiro atoms. The van der Waals surface area contributed by atoms with Crippen molar-refractivity contribution in [3.63, 3.8) is 0 Å². The number of hydrogen-bond donors (Lipinski definition) is 0. The topological polar surface area (TPSA) is 110 Å². The van der Waals surface area contributed by atoms with Gasteiger partial charge in [-0.3, -0.25) is 14.2 Å². The van der Waals surface area contributed by atoms with Crippen LogP contribution in [-0.4, -0.2) is 45.1 Å². The minimum Gasteiger partial charge on any atom is -0.459 e. The number of ether oxygens (including phenoxy) is 1. The molecule has 10 heteroatoms. The summed E-state index contributed by atoms with van der Waals surface area (Å²) in [4.78, 5) is 33.7. The molecule has 2 heterocycles. The molecule has 1 aromatic carbocycles. The largest absolute Gasteiger partial charge is 0.459 e. The molecule has 0 bridgehead atoms. The van der Waals surface area contributed by atoms with Crippen LogP contribution in [0.3, 0.4) is 0 Å². The second-order valence-electron chi connectivity index (χ2n) is 9.05. The lowest BCUT2D eigenvalue weighted by molar-refractivity contribution is -0.155. The Balaban J connectivity index is 2.32. The summed E-state index contributed by atoms with van der Waals surface area (Å²) in [6.45, 7) is 12.3. The summed E-state index contributed by atoms with van der Waals surface area (Å²) in [6, 6.07) is 3.42. The Hall–Kier alpha value is -2.87. The van der Waals surface area contributed by atoms with Crippen LogP contribution in [0.5, 0.6) is 0 Å². The third-order valence-electron chi connectivity index (χ3n) is 5.08. The van der Waals surface area contributed by atoms with Gasteiger partial charge in [-0.1, -0.05) is 0 Å². The predicted molar refractivity (Wildman–Crippen MR) is 134 cm³/mol. The van der Waals surface area contributed by atoms with Gasteiger partial charge in [-0.2, -0.15) is 0 Å². The predicted octanol–water partition coefficient (Wildman–Crippen LogP) is 4.84. The number of fused-ring (bicyclic) bond motifs is 1. The Bertz CT molecular complexity index is 1280. The molecule has 0 saturated carbocycles. The molecule has 3 rings (SSSR count). The summed E-state index contributed by atoms with van der Waals surface area (Å²) in [5.74, 6) is -0.0448. The van der Waals surface area contributed by atoms with Crippen LogP contribution in [-0.2, 0) is 29.7 Å². The van der Waals surface area contributed by atoms with Crippen LogP contribution >= 0.6 is 7.60 Å². The molecule has 3 aromatic rings. The number of rotatable bonds is 9. The Kier molecular flexibility index (Phi) is 7.94. The lowest BCUT2D eigenvalue weighted by atomic mass is 10.0.